The van der Waals surface area contributed by atoms with E-state index < -0.39 is 7.06 Å². The van der Waals surface area contributed by atoms with Crippen molar-refractivity contribution in [1.82, 2.24) is 5.23 Å². The molecule has 1 spiro atoms. The van der Waals surface area contributed by atoms with Crippen molar-refractivity contribution in [1.29, 1.82) is 0 Å². The summed E-state index contributed by atoms with van der Waals surface area (Å²) in [5.41, 5.74) is 0. The van der Waals surface area contributed by atoms with Gasteiger partial charge in [0.15, 0.2) is 0 Å². The van der Waals surface area contributed by atoms with Crippen LogP contribution in [0.15, 0.2) is 0 Å². The van der Waals surface area contributed by atoms with Gasteiger partial charge in [-0.2, -0.15) is 0 Å². The molecule has 84 valence electrons. The summed E-state index contributed by atoms with van der Waals surface area (Å²) in [7, 11) is -0.594. The minimum atomic E-state index is -2.42. The van der Waals surface area contributed by atoms with Gasteiger partial charge in [0.2, 0.25) is 0 Å². The summed E-state index contributed by atoms with van der Waals surface area (Å²) < 4.78 is 12.0. The molecule has 3 nitrogen and oxygen atoms in total. The third-order valence-electron chi connectivity index (χ3n) is 5.41. The molecule has 0 aromatic carbocycles. The van der Waals surface area contributed by atoms with Crippen LogP contribution in [0.3, 0.4) is 0 Å². The molecule has 2 aliphatic heterocycles. The van der Waals surface area contributed by atoms with Gasteiger partial charge in [0.25, 0.3) is 0 Å². The molecule has 0 unspecified atom stereocenters. The number of hydrogen-bond donors (Lipinski definition) is 0. The van der Waals surface area contributed by atoms with E-state index in [0.717, 1.165) is 0 Å². The average molecular weight is 219 g/mol. The van der Waals surface area contributed by atoms with Crippen molar-refractivity contribution in [2.75, 3.05) is 13.7 Å². The number of hydrogen-bond acceptors (Lipinski definition) is 3. The van der Waals surface area contributed by atoms with Crippen LogP contribution >= 0.6 is 7.06 Å². The van der Waals surface area contributed by atoms with Gasteiger partial charge in [-0.25, -0.2) is 0 Å². The first kappa shape index (κ1) is 10.8. The van der Waals surface area contributed by atoms with Crippen LogP contribution in [0.2, 0.25) is 0 Å². The van der Waals surface area contributed by atoms with Crippen LogP contribution in [0.1, 0.15) is 34.6 Å². The van der Waals surface area contributed by atoms with Crippen LogP contribution in [-0.2, 0) is 9.25 Å². The molecule has 0 radical (unpaired) electrons. The van der Waals surface area contributed by atoms with E-state index in [1.165, 1.54) is 5.23 Å². The SMILES string of the molecule is CC1C(C)(C)P2(C)(ON(C)O2)C1(C)C. The van der Waals surface area contributed by atoms with E-state index in [0.29, 0.717) is 5.92 Å². The molecule has 0 aromatic heterocycles. The van der Waals surface area contributed by atoms with Gasteiger partial charge in [-0.05, 0) is 0 Å². The molecule has 0 aliphatic carbocycles. The average Bonchev–Trinajstić information content (AvgIpc) is 1.99. The van der Waals surface area contributed by atoms with E-state index in [2.05, 4.69) is 41.3 Å². The molecule has 0 amide bonds. The number of rotatable bonds is 0. The van der Waals surface area contributed by atoms with Gasteiger partial charge in [0.05, 0.1) is 0 Å². The standard InChI is InChI=1S/C10H22NO2P/c1-8-9(2,3)14(7,10(8,4)5)12-11(6)13-14/h8H,1-7H3. The summed E-state index contributed by atoms with van der Waals surface area (Å²) in [6.07, 6.45) is 0. The molecule has 2 saturated heterocycles. The zero-order valence-electron chi connectivity index (χ0n) is 10.3. The van der Waals surface area contributed by atoms with E-state index in [9.17, 15) is 0 Å². The summed E-state index contributed by atoms with van der Waals surface area (Å²) in [6.45, 7) is 13.6. The van der Waals surface area contributed by atoms with Gasteiger partial charge in [-0.1, -0.05) is 0 Å². The van der Waals surface area contributed by atoms with E-state index >= 15 is 0 Å². The van der Waals surface area contributed by atoms with Crippen LogP contribution in [0.5, 0.6) is 0 Å². The van der Waals surface area contributed by atoms with Crippen LogP contribution in [-0.4, -0.2) is 29.3 Å². The predicted molar refractivity (Wildman–Crippen MR) is 60.1 cm³/mol. The molecule has 2 aliphatic rings. The van der Waals surface area contributed by atoms with E-state index in [4.69, 9.17) is 9.25 Å². The first-order valence-corrected chi connectivity index (χ1v) is 7.75. The first-order chi connectivity index (χ1) is 6.08. The van der Waals surface area contributed by atoms with Gasteiger partial charge in [0, 0.05) is 0 Å². The molecule has 2 fully saturated rings. The fraction of sp³-hybridized carbons (Fsp3) is 1.00. The van der Waals surface area contributed by atoms with Crippen molar-refractivity contribution in [2.24, 2.45) is 5.92 Å². The van der Waals surface area contributed by atoms with E-state index in [1.54, 1.807) is 0 Å². The normalized spacial score (nSPS) is 40.6. The summed E-state index contributed by atoms with van der Waals surface area (Å²) in [6, 6.07) is 0. The van der Waals surface area contributed by atoms with Gasteiger partial charge >= 0.3 is 86.1 Å². The molecular weight excluding hydrogens is 197 g/mol. The summed E-state index contributed by atoms with van der Waals surface area (Å²) in [4.78, 5) is 0. The monoisotopic (exact) mass is 219 g/mol. The van der Waals surface area contributed by atoms with Gasteiger partial charge < -0.3 is 0 Å². The molecule has 0 atom stereocenters. The van der Waals surface area contributed by atoms with Gasteiger partial charge in [-0.3, -0.25) is 0 Å². The van der Waals surface area contributed by atoms with Crippen molar-refractivity contribution in [3.8, 4) is 0 Å². The zero-order valence-corrected chi connectivity index (χ0v) is 11.2. The minimum absolute atomic E-state index is 0.168. The Bertz CT molecular complexity index is 274. The quantitative estimate of drug-likeness (QED) is 0.584. The maximum absolute atomic E-state index is 5.99. The van der Waals surface area contributed by atoms with Crippen molar-refractivity contribution in [3.63, 3.8) is 0 Å². The topological polar surface area (TPSA) is 21.7 Å². The molecule has 0 N–H and O–H groups in total. The van der Waals surface area contributed by atoms with E-state index in [1.807, 2.05) is 7.05 Å². The Labute approximate surface area is 86.7 Å². The molecule has 2 rings (SSSR count). The van der Waals surface area contributed by atoms with Gasteiger partial charge in [0.1, 0.15) is 0 Å². The summed E-state index contributed by atoms with van der Waals surface area (Å²) >= 11 is 0. The Kier molecular flexibility index (Phi) is 1.70. The van der Waals surface area contributed by atoms with Crippen LogP contribution in [0, 0.1) is 5.92 Å². The van der Waals surface area contributed by atoms with Crippen molar-refractivity contribution in [3.05, 3.63) is 0 Å². The number of hydroxylamine groups is 2. The number of nitrogens with zero attached hydrogens (tertiary/aromatic N) is 1. The zero-order chi connectivity index (χ0) is 11.0. The molecule has 0 aromatic rings. The maximum atomic E-state index is 5.99. The molecule has 2 heterocycles. The van der Waals surface area contributed by atoms with Gasteiger partial charge in [-0.15, -0.1) is 0 Å². The van der Waals surface area contributed by atoms with Crippen LogP contribution < -0.4 is 0 Å². The second-order valence-electron chi connectivity index (χ2n) is 6.00. The second kappa shape index (κ2) is 2.20. The van der Waals surface area contributed by atoms with Crippen LogP contribution in [0.25, 0.3) is 0 Å². The third-order valence-corrected chi connectivity index (χ3v) is 12.8. The fourth-order valence-electron chi connectivity index (χ4n) is 3.42. The second-order valence-corrected chi connectivity index (χ2v) is 11.4. The molecule has 4 heteroatoms. The van der Waals surface area contributed by atoms with Crippen LogP contribution in [0.4, 0.5) is 0 Å². The Morgan fingerprint density at radius 3 is 1.71 bits per heavy atom. The Hall–Kier alpha value is 0.310. The summed E-state index contributed by atoms with van der Waals surface area (Å²) in [5.74, 6) is 0.631. The molecule has 14 heavy (non-hydrogen) atoms. The Morgan fingerprint density at radius 1 is 1.07 bits per heavy atom. The molecule has 0 bridgehead atoms. The summed E-state index contributed by atoms with van der Waals surface area (Å²) in [5, 5.41) is 1.86. The fourth-order valence-corrected chi connectivity index (χ4v) is 9.10. The molecule has 0 saturated carbocycles. The van der Waals surface area contributed by atoms with Crippen molar-refractivity contribution < 1.29 is 9.25 Å². The Balaban J connectivity index is 2.45. The third kappa shape index (κ3) is 0.675. The molecular formula is C10H22NO2P. The first-order valence-electron chi connectivity index (χ1n) is 5.23. The predicted octanol–water partition coefficient (Wildman–Crippen LogP) is 3.02. The van der Waals surface area contributed by atoms with E-state index in [-0.39, 0.29) is 10.3 Å². The van der Waals surface area contributed by atoms with Crippen molar-refractivity contribution in [2.45, 2.75) is 44.9 Å². The van der Waals surface area contributed by atoms with Crippen molar-refractivity contribution >= 4 is 7.06 Å². The Morgan fingerprint density at radius 2 is 1.43 bits per heavy atom.